The van der Waals surface area contributed by atoms with E-state index in [-0.39, 0.29) is 12.1 Å². The molecule has 7 nitrogen and oxygen atoms in total. The van der Waals surface area contributed by atoms with E-state index in [4.69, 9.17) is 9.47 Å². The molecular weight excluding hydrogens is 440 g/mol. The average Bonchev–Trinajstić information content (AvgIpc) is 3.41. The van der Waals surface area contributed by atoms with Gasteiger partial charge >= 0.3 is 6.03 Å². The first-order chi connectivity index (χ1) is 17.2. The van der Waals surface area contributed by atoms with Crippen molar-refractivity contribution >= 4 is 11.8 Å². The summed E-state index contributed by atoms with van der Waals surface area (Å²) in [5.74, 6) is 2.46. The van der Waals surface area contributed by atoms with Gasteiger partial charge in [-0.1, -0.05) is 30.3 Å². The maximum absolute atomic E-state index is 13.1. The SMILES string of the molecule is COc1ccc(C2CCCN2C(=O)NCc2ccc(N3CCc4ccccc4C3)nc2)c(OC)c1. The Labute approximate surface area is 206 Å². The number of likely N-dealkylation sites (tertiary alicyclic amines) is 1. The van der Waals surface area contributed by atoms with Crippen molar-refractivity contribution in [2.75, 3.05) is 32.2 Å². The second-order valence-electron chi connectivity index (χ2n) is 9.08. The van der Waals surface area contributed by atoms with Crippen LogP contribution in [0.2, 0.25) is 0 Å². The summed E-state index contributed by atoms with van der Waals surface area (Å²) in [5.41, 5.74) is 4.79. The van der Waals surface area contributed by atoms with Gasteiger partial charge in [0.05, 0.1) is 20.3 Å². The van der Waals surface area contributed by atoms with E-state index in [1.807, 2.05) is 29.3 Å². The molecule has 182 valence electrons. The lowest BCUT2D eigenvalue weighted by molar-refractivity contribution is 0.191. The molecule has 0 bridgehead atoms. The molecule has 1 aromatic heterocycles. The van der Waals surface area contributed by atoms with Crippen molar-refractivity contribution in [2.45, 2.75) is 38.4 Å². The molecule has 1 N–H and O–H groups in total. The fourth-order valence-corrected chi connectivity index (χ4v) is 5.11. The number of aromatic nitrogens is 1. The van der Waals surface area contributed by atoms with Gasteiger partial charge < -0.3 is 24.6 Å². The van der Waals surface area contributed by atoms with E-state index in [1.165, 1.54) is 11.1 Å². The van der Waals surface area contributed by atoms with E-state index in [0.717, 1.165) is 67.3 Å². The number of nitrogens with one attached hydrogen (secondary N) is 1. The maximum atomic E-state index is 13.1. The van der Waals surface area contributed by atoms with Gasteiger partial charge in [0.25, 0.3) is 0 Å². The third kappa shape index (κ3) is 4.90. The quantitative estimate of drug-likeness (QED) is 0.563. The molecule has 2 aromatic carbocycles. The number of ether oxygens (including phenoxy) is 2. The molecule has 2 aliphatic rings. The van der Waals surface area contributed by atoms with Crippen LogP contribution in [0.3, 0.4) is 0 Å². The summed E-state index contributed by atoms with van der Waals surface area (Å²) in [5, 5.41) is 3.08. The van der Waals surface area contributed by atoms with Crippen molar-refractivity contribution in [1.82, 2.24) is 15.2 Å². The van der Waals surface area contributed by atoms with E-state index < -0.39 is 0 Å². The zero-order chi connectivity index (χ0) is 24.2. The Morgan fingerprint density at radius 1 is 1.06 bits per heavy atom. The fourth-order valence-electron chi connectivity index (χ4n) is 5.11. The smallest absolute Gasteiger partial charge is 0.318 e. The summed E-state index contributed by atoms with van der Waals surface area (Å²) in [6, 6.07) is 18.4. The Balaban J connectivity index is 1.20. The molecule has 1 fully saturated rings. The standard InChI is InChI=1S/C28H32N4O3/c1-34-23-10-11-24(26(16-23)35-2)25-8-5-14-32(25)28(33)30-18-20-9-12-27(29-17-20)31-15-13-21-6-3-4-7-22(21)19-31/h3-4,6-7,9-12,16-17,25H,5,8,13-15,18-19H2,1-2H3,(H,30,33). The first-order valence-corrected chi connectivity index (χ1v) is 12.2. The Morgan fingerprint density at radius 2 is 1.91 bits per heavy atom. The molecule has 3 heterocycles. The topological polar surface area (TPSA) is 66.9 Å². The van der Waals surface area contributed by atoms with Crippen LogP contribution in [-0.2, 0) is 19.5 Å². The molecule has 1 unspecified atom stereocenters. The van der Waals surface area contributed by atoms with Crippen LogP contribution in [0.25, 0.3) is 0 Å². The molecule has 0 spiro atoms. The number of hydrogen-bond acceptors (Lipinski definition) is 5. The first-order valence-electron chi connectivity index (χ1n) is 12.2. The van der Waals surface area contributed by atoms with E-state index >= 15 is 0 Å². The molecule has 35 heavy (non-hydrogen) atoms. The van der Waals surface area contributed by atoms with Crippen LogP contribution in [-0.4, -0.2) is 43.2 Å². The summed E-state index contributed by atoms with van der Waals surface area (Å²) < 4.78 is 10.9. The molecule has 1 atom stereocenters. The number of anilines is 1. The molecule has 2 aliphatic heterocycles. The molecule has 0 saturated carbocycles. The van der Waals surface area contributed by atoms with Crippen molar-refractivity contribution in [2.24, 2.45) is 0 Å². The average molecular weight is 473 g/mol. The molecule has 1 saturated heterocycles. The number of benzene rings is 2. The zero-order valence-corrected chi connectivity index (χ0v) is 20.4. The maximum Gasteiger partial charge on any atom is 0.318 e. The van der Waals surface area contributed by atoms with Crippen LogP contribution in [0.1, 0.15) is 41.1 Å². The lowest BCUT2D eigenvalue weighted by Gasteiger charge is -2.30. The van der Waals surface area contributed by atoms with Crippen LogP contribution in [0.4, 0.5) is 10.6 Å². The minimum Gasteiger partial charge on any atom is -0.497 e. The molecule has 5 rings (SSSR count). The summed E-state index contributed by atoms with van der Waals surface area (Å²) >= 11 is 0. The van der Waals surface area contributed by atoms with Gasteiger partial charge in [0.15, 0.2) is 0 Å². The summed E-state index contributed by atoms with van der Waals surface area (Å²) in [7, 11) is 3.29. The van der Waals surface area contributed by atoms with Gasteiger partial charge in [-0.25, -0.2) is 9.78 Å². The van der Waals surface area contributed by atoms with Crippen LogP contribution >= 0.6 is 0 Å². The number of amides is 2. The Morgan fingerprint density at radius 3 is 2.69 bits per heavy atom. The lowest BCUT2D eigenvalue weighted by Crippen LogP contribution is -2.39. The lowest BCUT2D eigenvalue weighted by atomic mass is 10.00. The predicted molar refractivity (Wildman–Crippen MR) is 136 cm³/mol. The van der Waals surface area contributed by atoms with E-state index in [1.54, 1.807) is 14.2 Å². The highest BCUT2D eigenvalue weighted by Gasteiger charge is 2.32. The number of fused-ring (bicyclic) bond motifs is 1. The highest BCUT2D eigenvalue weighted by Crippen LogP contribution is 2.38. The van der Waals surface area contributed by atoms with Gasteiger partial charge in [0.1, 0.15) is 17.3 Å². The summed E-state index contributed by atoms with van der Waals surface area (Å²) in [4.78, 5) is 22.0. The van der Waals surface area contributed by atoms with Gasteiger partial charge in [0.2, 0.25) is 0 Å². The second kappa shape index (κ2) is 10.3. The van der Waals surface area contributed by atoms with Crippen molar-refractivity contribution in [3.05, 3.63) is 83.0 Å². The number of pyridine rings is 1. The molecule has 0 aliphatic carbocycles. The van der Waals surface area contributed by atoms with Crippen LogP contribution in [0.5, 0.6) is 11.5 Å². The third-order valence-electron chi connectivity index (χ3n) is 7.02. The molecule has 2 amide bonds. The predicted octanol–water partition coefficient (Wildman–Crippen LogP) is 4.71. The molecule has 7 heteroatoms. The normalized spacial score (nSPS) is 17.1. The first kappa shape index (κ1) is 23.0. The van der Waals surface area contributed by atoms with Crippen molar-refractivity contribution in [3.63, 3.8) is 0 Å². The van der Waals surface area contributed by atoms with Crippen molar-refractivity contribution in [1.29, 1.82) is 0 Å². The Hall–Kier alpha value is -3.74. The fraction of sp³-hybridized carbons (Fsp3) is 0.357. The number of carbonyl (C=O) groups is 1. The second-order valence-corrected chi connectivity index (χ2v) is 9.08. The van der Waals surface area contributed by atoms with Crippen LogP contribution in [0.15, 0.2) is 60.8 Å². The minimum atomic E-state index is -0.0675. The molecule has 3 aromatic rings. The summed E-state index contributed by atoms with van der Waals surface area (Å²) in [6.07, 6.45) is 4.77. The van der Waals surface area contributed by atoms with Gasteiger partial charge in [0, 0.05) is 44.0 Å². The van der Waals surface area contributed by atoms with Gasteiger partial charge in [-0.15, -0.1) is 0 Å². The number of urea groups is 1. The number of hydrogen-bond donors (Lipinski definition) is 1. The number of nitrogens with zero attached hydrogens (tertiary/aromatic N) is 3. The highest BCUT2D eigenvalue weighted by atomic mass is 16.5. The van der Waals surface area contributed by atoms with Gasteiger partial charge in [-0.3, -0.25) is 0 Å². The minimum absolute atomic E-state index is 0.0154. The summed E-state index contributed by atoms with van der Waals surface area (Å²) in [6.45, 7) is 3.01. The van der Waals surface area contributed by atoms with E-state index in [2.05, 4.69) is 51.6 Å². The number of rotatable bonds is 6. The van der Waals surface area contributed by atoms with Crippen LogP contribution in [0, 0.1) is 0 Å². The third-order valence-corrected chi connectivity index (χ3v) is 7.02. The van der Waals surface area contributed by atoms with Crippen molar-refractivity contribution < 1.29 is 14.3 Å². The number of carbonyl (C=O) groups excluding carboxylic acids is 1. The largest absolute Gasteiger partial charge is 0.497 e. The zero-order valence-electron chi connectivity index (χ0n) is 20.4. The van der Waals surface area contributed by atoms with Crippen LogP contribution < -0.4 is 19.7 Å². The number of methoxy groups -OCH3 is 2. The van der Waals surface area contributed by atoms with E-state index in [9.17, 15) is 4.79 Å². The van der Waals surface area contributed by atoms with Gasteiger partial charge in [-0.2, -0.15) is 0 Å². The van der Waals surface area contributed by atoms with Crippen molar-refractivity contribution in [3.8, 4) is 11.5 Å². The Bertz CT molecular complexity index is 1180. The highest BCUT2D eigenvalue weighted by molar-refractivity contribution is 5.75. The molecular formula is C28H32N4O3. The Kier molecular flexibility index (Phi) is 6.75. The van der Waals surface area contributed by atoms with E-state index in [0.29, 0.717) is 6.54 Å². The monoisotopic (exact) mass is 472 g/mol. The molecule has 0 radical (unpaired) electrons. The van der Waals surface area contributed by atoms with Gasteiger partial charge in [-0.05, 0) is 54.2 Å².